The molecule has 0 saturated carbocycles. The summed E-state index contributed by atoms with van der Waals surface area (Å²) in [7, 11) is 2.69. The topological polar surface area (TPSA) is 95.7 Å². The summed E-state index contributed by atoms with van der Waals surface area (Å²) in [5.41, 5.74) is 6.54. The molecule has 0 heterocycles. The van der Waals surface area contributed by atoms with Crippen LogP contribution in [0.5, 0.6) is 0 Å². The van der Waals surface area contributed by atoms with E-state index in [1.54, 1.807) is 0 Å². The van der Waals surface area contributed by atoms with Crippen molar-refractivity contribution in [2.24, 2.45) is 5.73 Å². The Morgan fingerprint density at radius 2 is 1.54 bits per heavy atom. The molecule has 0 fully saturated rings. The molecule has 0 bridgehead atoms. The Morgan fingerprint density at radius 3 is 1.83 bits per heavy atom. The summed E-state index contributed by atoms with van der Waals surface area (Å²) in [6.45, 7) is 2.15. The zero-order valence-corrected chi connectivity index (χ0v) is 16.0. The number of halogens is 1. The molecule has 0 saturated heterocycles. The predicted octanol–water partition coefficient (Wildman–Crippen LogP) is 2.62. The number of carbonyl (C=O) groups is 3. The summed E-state index contributed by atoms with van der Waals surface area (Å²) < 4.78 is 8.60. The molecule has 6 nitrogen and oxygen atoms in total. The standard InChI is InChI=1S/C7H9N.C7H12O3.C3H5BrO2/c8-6-7-4-2-1-3-5-7;1-6(8)4-3-5-7(9)10-2;1-6-3(5)2-4/h1-5H,6,8H2;3-5H2,1-2H3;2H2,1H3. The molecule has 0 aliphatic rings. The zero-order valence-electron chi connectivity index (χ0n) is 14.4. The van der Waals surface area contributed by atoms with Crippen LogP contribution in [-0.4, -0.2) is 37.3 Å². The molecule has 0 aliphatic heterocycles. The first-order chi connectivity index (χ1) is 11.4. The van der Waals surface area contributed by atoms with Crippen molar-refractivity contribution in [2.75, 3.05) is 19.5 Å². The molecule has 0 aliphatic carbocycles. The third-order valence-corrected chi connectivity index (χ3v) is 3.01. The van der Waals surface area contributed by atoms with Crippen molar-refractivity contribution in [3.05, 3.63) is 35.9 Å². The van der Waals surface area contributed by atoms with Crippen LogP contribution in [0.1, 0.15) is 31.7 Å². The van der Waals surface area contributed by atoms with Gasteiger partial charge in [-0.15, -0.1) is 0 Å². The number of Topliss-reactive ketones (excluding diaryl/α,β-unsaturated/α-hetero) is 1. The van der Waals surface area contributed by atoms with Gasteiger partial charge in [0.05, 0.1) is 14.2 Å². The van der Waals surface area contributed by atoms with Crippen molar-refractivity contribution in [1.82, 2.24) is 0 Å². The quantitative estimate of drug-likeness (QED) is 0.579. The van der Waals surface area contributed by atoms with Crippen molar-refractivity contribution in [3.63, 3.8) is 0 Å². The van der Waals surface area contributed by atoms with Crippen molar-refractivity contribution in [3.8, 4) is 0 Å². The zero-order chi connectivity index (χ0) is 18.8. The van der Waals surface area contributed by atoms with E-state index < -0.39 is 0 Å². The highest BCUT2D eigenvalue weighted by Gasteiger charge is 2.00. The molecule has 136 valence electrons. The second-order valence-electron chi connectivity index (χ2n) is 4.53. The SMILES string of the molecule is COC(=O)CBr.COC(=O)CCCC(C)=O.NCc1ccccc1. The largest absolute Gasteiger partial charge is 0.469 e. The average molecular weight is 404 g/mol. The second-order valence-corrected chi connectivity index (χ2v) is 5.09. The van der Waals surface area contributed by atoms with Gasteiger partial charge in [-0.2, -0.15) is 0 Å². The van der Waals surface area contributed by atoms with E-state index in [0.717, 1.165) is 0 Å². The minimum absolute atomic E-state index is 0.115. The summed E-state index contributed by atoms with van der Waals surface area (Å²) in [6, 6.07) is 9.99. The third kappa shape index (κ3) is 18.3. The van der Waals surface area contributed by atoms with Crippen molar-refractivity contribution < 1.29 is 23.9 Å². The summed E-state index contributed by atoms with van der Waals surface area (Å²) >= 11 is 2.90. The average Bonchev–Trinajstić information content (AvgIpc) is 2.62. The van der Waals surface area contributed by atoms with Crippen LogP contribution < -0.4 is 5.73 Å². The van der Waals surface area contributed by atoms with Crippen LogP contribution in [-0.2, 0) is 30.4 Å². The second kappa shape index (κ2) is 17.6. The Labute approximate surface area is 151 Å². The van der Waals surface area contributed by atoms with E-state index in [-0.39, 0.29) is 23.1 Å². The van der Waals surface area contributed by atoms with E-state index in [4.69, 9.17) is 5.73 Å². The highest BCUT2D eigenvalue weighted by molar-refractivity contribution is 9.09. The van der Waals surface area contributed by atoms with E-state index >= 15 is 0 Å². The molecule has 1 aromatic rings. The fourth-order valence-electron chi connectivity index (χ4n) is 1.25. The number of esters is 2. The van der Waals surface area contributed by atoms with E-state index in [1.165, 1.54) is 26.7 Å². The first-order valence-electron chi connectivity index (χ1n) is 7.34. The maximum absolute atomic E-state index is 10.5. The number of methoxy groups -OCH3 is 2. The van der Waals surface area contributed by atoms with Crippen LogP contribution in [0.2, 0.25) is 0 Å². The monoisotopic (exact) mass is 403 g/mol. The molecule has 0 radical (unpaired) electrons. The van der Waals surface area contributed by atoms with E-state index in [0.29, 0.717) is 25.8 Å². The number of alkyl halides is 1. The molecule has 0 aromatic heterocycles. The minimum atomic E-state index is -0.249. The van der Waals surface area contributed by atoms with Gasteiger partial charge in [-0.1, -0.05) is 46.3 Å². The van der Waals surface area contributed by atoms with Crippen LogP contribution in [0.15, 0.2) is 30.3 Å². The molecule has 24 heavy (non-hydrogen) atoms. The van der Waals surface area contributed by atoms with Gasteiger partial charge in [0, 0.05) is 19.4 Å². The van der Waals surface area contributed by atoms with Gasteiger partial charge in [0.25, 0.3) is 0 Å². The summed E-state index contributed by atoms with van der Waals surface area (Å²) in [5.74, 6) is -0.375. The van der Waals surface area contributed by atoms with Crippen molar-refractivity contribution in [1.29, 1.82) is 0 Å². The lowest BCUT2D eigenvalue weighted by molar-refractivity contribution is -0.141. The summed E-state index contributed by atoms with van der Waals surface area (Å²) in [5, 5.41) is 0.281. The fraction of sp³-hybridized carbons (Fsp3) is 0.471. The van der Waals surface area contributed by atoms with Crippen molar-refractivity contribution in [2.45, 2.75) is 32.7 Å². The van der Waals surface area contributed by atoms with Gasteiger partial charge in [0.15, 0.2) is 0 Å². The molecule has 0 unspecified atom stereocenters. The lowest BCUT2D eigenvalue weighted by Crippen LogP contribution is -2.00. The molecule has 7 heteroatoms. The van der Waals surface area contributed by atoms with Crippen LogP contribution in [0.4, 0.5) is 0 Å². The third-order valence-electron chi connectivity index (χ3n) is 2.55. The Morgan fingerprint density at radius 1 is 1.00 bits per heavy atom. The van der Waals surface area contributed by atoms with Gasteiger partial charge in [-0.25, -0.2) is 0 Å². The lowest BCUT2D eigenvalue weighted by Gasteiger charge is -1.95. The van der Waals surface area contributed by atoms with Gasteiger partial charge >= 0.3 is 11.9 Å². The summed E-state index contributed by atoms with van der Waals surface area (Å²) in [6.07, 6.45) is 1.41. The lowest BCUT2D eigenvalue weighted by atomic mass is 10.2. The Balaban J connectivity index is 0. The minimum Gasteiger partial charge on any atom is -0.469 e. The van der Waals surface area contributed by atoms with E-state index in [9.17, 15) is 14.4 Å². The molecule has 2 N–H and O–H groups in total. The number of rotatable bonds is 6. The van der Waals surface area contributed by atoms with Gasteiger partial charge in [0.1, 0.15) is 11.1 Å². The molecule has 0 atom stereocenters. The first kappa shape index (κ1) is 24.5. The predicted molar refractivity (Wildman–Crippen MR) is 96.7 cm³/mol. The molecule has 0 spiro atoms. The van der Waals surface area contributed by atoms with E-state index in [2.05, 4.69) is 25.4 Å². The Hall–Kier alpha value is -1.73. The van der Waals surface area contributed by atoms with Crippen molar-refractivity contribution >= 4 is 33.7 Å². The first-order valence-corrected chi connectivity index (χ1v) is 8.46. The number of hydrogen-bond donors (Lipinski definition) is 1. The smallest absolute Gasteiger partial charge is 0.316 e. The van der Waals surface area contributed by atoms with Crippen LogP contribution >= 0.6 is 15.9 Å². The van der Waals surface area contributed by atoms with Crippen LogP contribution in [0.25, 0.3) is 0 Å². The highest BCUT2D eigenvalue weighted by atomic mass is 79.9. The van der Waals surface area contributed by atoms with E-state index in [1.807, 2.05) is 30.3 Å². The molecule has 1 rings (SSSR count). The Bertz CT molecular complexity index is 459. The highest BCUT2D eigenvalue weighted by Crippen LogP contribution is 1.97. The van der Waals surface area contributed by atoms with Crippen LogP contribution in [0.3, 0.4) is 0 Å². The summed E-state index contributed by atoms with van der Waals surface area (Å²) in [4.78, 5) is 30.7. The molecular formula is C17H26BrNO5. The number of nitrogens with two attached hydrogens (primary N) is 1. The van der Waals surface area contributed by atoms with Crippen LogP contribution in [0, 0.1) is 0 Å². The fourth-order valence-corrected chi connectivity index (χ4v) is 1.48. The number of ketones is 1. The number of benzene rings is 1. The van der Waals surface area contributed by atoms with Gasteiger partial charge < -0.3 is 20.0 Å². The number of carbonyl (C=O) groups excluding carboxylic acids is 3. The molecule has 1 aromatic carbocycles. The maximum Gasteiger partial charge on any atom is 0.316 e. The van der Waals surface area contributed by atoms with Gasteiger partial charge in [-0.3, -0.25) is 9.59 Å². The number of ether oxygens (including phenoxy) is 2. The van der Waals surface area contributed by atoms with Gasteiger partial charge in [0.2, 0.25) is 0 Å². The maximum atomic E-state index is 10.5. The molecular weight excluding hydrogens is 378 g/mol. The number of hydrogen-bond acceptors (Lipinski definition) is 6. The normalized spacial score (nSPS) is 8.71. The Kier molecular flexibility index (Phi) is 18.0. The molecule has 0 amide bonds. The van der Waals surface area contributed by atoms with Gasteiger partial charge in [-0.05, 0) is 18.9 Å².